The number of carbonyl (C=O) groups excluding carboxylic acids is 3. The Hall–Kier alpha value is -3.79. The Labute approximate surface area is 169 Å². The molecule has 0 aromatic heterocycles. The van der Waals surface area contributed by atoms with Gasteiger partial charge >= 0.3 is 6.03 Å². The van der Waals surface area contributed by atoms with Crippen LogP contribution in [-0.2, 0) is 11.3 Å². The summed E-state index contributed by atoms with van der Waals surface area (Å²) in [5, 5.41) is 4.65. The van der Waals surface area contributed by atoms with Gasteiger partial charge in [-0.15, -0.1) is 0 Å². The van der Waals surface area contributed by atoms with E-state index in [1.165, 1.54) is 0 Å². The van der Waals surface area contributed by atoms with E-state index >= 15 is 0 Å². The smallest absolute Gasteiger partial charge is 0.322 e. The van der Waals surface area contributed by atoms with E-state index in [9.17, 15) is 14.4 Å². The molecular weight excluding hydrogens is 370 g/mol. The van der Waals surface area contributed by atoms with Gasteiger partial charge < -0.3 is 15.0 Å². The van der Waals surface area contributed by atoms with E-state index in [1.54, 1.807) is 24.1 Å². The number of aryl methyl sites for hydroxylation is 1. The van der Waals surface area contributed by atoms with Crippen LogP contribution in [0.15, 0.2) is 42.5 Å². The topological polar surface area (TPSA) is 87.7 Å². The van der Waals surface area contributed by atoms with Crippen molar-refractivity contribution in [1.29, 1.82) is 0 Å². The van der Waals surface area contributed by atoms with Gasteiger partial charge in [-0.25, -0.2) is 4.79 Å². The number of urea groups is 1. The number of amides is 4. The Morgan fingerprint density at radius 3 is 2.72 bits per heavy atom. The average Bonchev–Trinajstić information content (AvgIpc) is 3.02. The number of carbonyl (C=O) groups is 3. The number of methoxy groups -OCH3 is 1. The third-order valence-corrected chi connectivity index (χ3v) is 4.54. The van der Waals surface area contributed by atoms with Crippen molar-refractivity contribution in [1.82, 2.24) is 15.5 Å². The normalized spacial score (nSPS) is 13.0. The molecule has 0 radical (unpaired) electrons. The third-order valence-electron chi connectivity index (χ3n) is 4.54. The molecule has 1 heterocycles. The van der Waals surface area contributed by atoms with Crippen molar-refractivity contribution in [2.24, 2.45) is 0 Å². The van der Waals surface area contributed by atoms with Gasteiger partial charge in [0.05, 0.1) is 13.7 Å². The van der Waals surface area contributed by atoms with Crippen molar-refractivity contribution in [2.75, 3.05) is 13.7 Å². The van der Waals surface area contributed by atoms with Gasteiger partial charge in [-0.1, -0.05) is 35.6 Å². The molecule has 0 bridgehead atoms. The molecule has 0 aliphatic carbocycles. The lowest BCUT2D eigenvalue weighted by atomic mass is 10.1. The first-order chi connectivity index (χ1) is 14.0. The molecule has 0 saturated heterocycles. The summed E-state index contributed by atoms with van der Waals surface area (Å²) in [6, 6.07) is 11.7. The molecule has 148 valence electrons. The molecule has 3 rings (SSSR count). The van der Waals surface area contributed by atoms with Crippen molar-refractivity contribution in [3.8, 4) is 17.6 Å². The maximum Gasteiger partial charge on any atom is 0.322 e. The van der Waals surface area contributed by atoms with Gasteiger partial charge in [0.15, 0.2) is 0 Å². The standard InChI is InChI=1S/C22H21N3O4/c1-15-3-5-16(6-4-15)7-9-18(24-22(28)23-14-26)13-25-12-17-8-10-19(29-2)11-20(17)21(25)27/h3-6,8,10-11,14,18H,12-13H2,1-2H3,(H2,23,24,26,28)/t18-/m1/s1. The fourth-order valence-electron chi connectivity index (χ4n) is 3.02. The average molecular weight is 391 g/mol. The van der Waals surface area contributed by atoms with E-state index in [0.717, 1.165) is 16.7 Å². The van der Waals surface area contributed by atoms with Crippen LogP contribution in [0.25, 0.3) is 0 Å². The van der Waals surface area contributed by atoms with E-state index in [-0.39, 0.29) is 12.5 Å². The molecule has 0 saturated carbocycles. The van der Waals surface area contributed by atoms with Crippen molar-refractivity contribution < 1.29 is 19.1 Å². The van der Waals surface area contributed by atoms with E-state index < -0.39 is 12.1 Å². The van der Waals surface area contributed by atoms with Gasteiger partial charge in [0, 0.05) is 17.7 Å². The number of hydrogen-bond acceptors (Lipinski definition) is 4. The lowest BCUT2D eigenvalue weighted by molar-refractivity contribution is -0.108. The number of imide groups is 1. The van der Waals surface area contributed by atoms with Gasteiger partial charge in [-0.3, -0.25) is 14.9 Å². The minimum atomic E-state index is -0.672. The highest BCUT2D eigenvalue weighted by Gasteiger charge is 2.29. The predicted molar refractivity (Wildman–Crippen MR) is 107 cm³/mol. The van der Waals surface area contributed by atoms with Crippen LogP contribution in [0.1, 0.15) is 27.0 Å². The van der Waals surface area contributed by atoms with E-state index in [4.69, 9.17) is 4.74 Å². The first-order valence-corrected chi connectivity index (χ1v) is 9.05. The van der Waals surface area contributed by atoms with Crippen molar-refractivity contribution in [3.05, 3.63) is 64.7 Å². The fraction of sp³-hybridized carbons (Fsp3) is 0.227. The molecular formula is C22H21N3O4. The zero-order chi connectivity index (χ0) is 20.8. The quantitative estimate of drug-likeness (QED) is 0.601. The molecule has 7 nitrogen and oxygen atoms in total. The highest BCUT2D eigenvalue weighted by atomic mass is 16.5. The Morgan fingerprint density at radius 1 is 1.28 bits per heavy atom. The summed E-state index contributed by atoms with van der Waals surface area (Å²) >= 11 is 0. The summed E-state index contributed by atoms with van der Waals surface area (Å²) in [6.07, 6.45) is 0.295. The molecule has 0 fully saturated rings. The van der Waals surface area contributed by atoms with E-state index in [2.05, 4.69) is 17.2 Å². The van der Waals surface area contributed by atoms with Gasteiger partial charge in [0.1, 0.15) is 11.8 Å². The van der Waals surface area contributed by atoms with Crippen LogP contribution in [0, 0.1) is 18.8 Å². The van der Waals surface area contributed by atoms with Crippen molar-refractivity contribution >= 4 is 18.3 Å². The van der Waals surface area contributed by atoms with Crippen molar-refractivity contribution in [2.45, 2.75) is 19.5 Å². The summed E-state index contributed by atoms with van der Waals surface area (Å²) < 4.78 is 5.19. The molecule has 29 heavy (non-hydrogen) atoms. The molecule has 0 spiro atoms. The summed E-state index contributed by atoms with van der Waals surface area (Å²) in [5.74, 6) is 6.45. The van der Waals surface area contributed by atoms with Crippen molar-refractivity contribution in [3.63, 3.8) is 0 Å². The number of nitrogens with zero attached hydrogens (tertiary/aromatic N) is 1. The molecule has 4 amide bonds. The van der Waals surface area contributed by atoms with E-state index in [1.807, 2.05) is 42.6 Å². The van der Waals surface area contributed by atoms with Crippen LogP contribution in [0.3, 0.4) is 0 Å². The number of rotatable bonds is 5. The first kappa shape index (κ1) is 20.0. The Balaban J connectivity index is 1.78. The second-order valence-electron chi connectivity index (χ2n) is 6.63. The lowest BCUT2D eigenvalue weighted by Crippen LogP contribution is -2.46. The molecule has 0 unspecified atom stereocenters. The third kappa shape index (κ3) is 4.93. The number of nitrogens with one attached hydrogen (secondary N) is 2. The lowest BCUT2D eigenvalue weighted by Gasteiger charge is -2.21. The molecule has 1 aliphatic heterocycles. The highest BCUT2D eigenvalue weighted by molar-refractivity contribution is 5.98. The maximum absolute atomic E-state index is 12.8. The van der Waals surface area contributed by atoms with Crippen LogP contribution in [0.2, 0.25) is 0 Å². The number of hydrogen-bond donors (Lipinski definition) is 2. The summed E-state index contributed by atoms with van der Waals surface area (Å²) in [6.45, 7) is 2.58. The Kier molecular flexibility index (Phi) is 6.15. The zero-order valence-electron chi connectivity index (χ0n) is 16.2. The molecule has 2 aromatic carbocycles. The van der Waals surface area contributed by atoms with Crippen LogP contribution in [-0.4, -0.2) is 42.9 Å². The van der Waals surface area contributed by atoms with Crippen LogP contribution in [0.5, 0.6) is 5.75 Å². The van der Waals surface area contributed by atoms with Gasteiger partial charge in [-0.2, -0.15) is 0 Å². The molecule has 2 N–H and O–H groups in total. The second kappa shape index (κ2) is 8.93. The number of benzene rings is 2. The Bertz CT molecular complexity index is 989. The van der Waals surface area contributed by atoms with Crippen LogP contribution >= 0.6 is 0 Å². The van der Waals surface area contributed by atoms with Crippen LogP contribution < -0.4 is 15.4 Å². The molecule has 2 aromatic rings. The predicted octanol–water partition coefficient (Wildman–Crippen LogP) is 1.84. The molecule has 1 atom stereocenters. The largest absolute Gasteiger partial charge is 0.497 e. The first-order valence-electron chi connectivity index (χ1n) is 9.05. The van der Waals surface area contributed by atoms with Gasteiger partial charge in [0.25, 0.3) is 5.91 Å². The fourth-order valence-corrected chi connectivity index (χ4v) is 3.02. The van der Waals surface area contributed by atoms with Gasteiger partial charge in [-0.05, 0) is 36.8 Å². The maximum atomic E-state index is 12.8. The number of ether oxygens (including phenoxy) is 1. The SMILES string of the molecule is COc1ccc2c(c1)C(=O)N(C[C@@H](C#Cc1ccc(C)cc1)NC(=O)NC=O)C2. The highest BCUT2D eigenvalue weighted by Crippen LogP contribution is 2.26. The minimum absolute atomic E-state index is 0.154. The summed E-state index contributed by atoms with van der Waals surface area (Å²) in [5.41, 5.74) is 3.37. The summed E-state index contributed by atoms with van der Waals surface area (Å²) in [4.78, 5) is 36.7. The zero-order valence-corrected chi connectivity index (χ0v) is 16.2. The number of fused-ring (bicyclic) bond motifs is 1. The molecule has 7 heteroatoms. The minimum Gasteiger partial charge on any atom is -0.497 e. The second-order valence-corrected chi connectivity index (χ2v) is 6.63. The Morgan fingerprint density at radius 2 is 2.03 bits per heavy atom. The van der Waals surface area contributed by atoms with Crippen LogP contribution in [0.4, 0.5) is 4.79 Å². The van der Waals surface area contributed by atoms with Gasteiger partial charge in [0.2, 0.25) is 6.41 Å². The summed E-state index contributed by atoms with van der Waals surface area (Å²) in [7, 11) is 1.55. The monoisotopic (exact) mass is 391 g/mol. The molecule has 1 aliphatic rings. The van der Waals surface area contributed by atoms with E-state index in [0.29, 0.717) is 24.3 Å².